The highest BCUT2D eigenvalue weighted by Gasteiger charge is 2.73. The molecule has 0 aliphatic rings. The van der Waals surface area contributed by atoms with E-state index in [4.69, 9.17) is 0 Å². The monoisotopic (exact) mass is 851 g/mol. The van der Waals surface area contributed by atoms with Crippen molar-refractivity contribution >= 4 is 10.9 Å². The van der Waals surface area contributed by atoms with Crippen LogP contribution in [0, 0.1) is 0 Å². The van der Waals surface area contributed by atoms with Crippen molar-refractivity contribution in [2.75, 3.05) is 19.8 Å². The summed E-state index contributed by atoms with van der Waals surface area (Å²) in [6.07, 6.45) is -38.0. The lowest BCUT2D eigenvalue weighted by Gasteiger charge is -2.32. The van der Waals surface area contributed by atoms with E-state index in [-0.39, 0.29) is 14.7 Å². The van der Waals surface area contributed by atoms with Gasteiger partial charge in [-0.25, -0.2) is 0 Å². The van der Waals surface area contributed by atoms with Crippen molar-refractivity contribution in [3.8, 4) is 17.2 Å². The van der Waals surface area contributed by atoms with E-state index < -0.39 is 102 Å². The molecule has 55 heavy (non-hydrogen) atoms. The third-order valence-corrected chi connectivity index (χ3v) is 9.46. The van der Waals surface area contributed by atoms with Crippen molar-refractivity contribution in [2.24, 2.45) is 0 Å². The van der Waals surface area contributed by atoms with Crippen molar-refractivity contribution in [2.45, 2.75) is 68.5 Å². The molecule has 0 saturated heterocycles. The molecule has 0 aliphatic carbocycles. The van der Waals surface area contributed by atoms with Crippen LogP contribution in [0.2, 0.25) is 0 Å². The molecule has 0 unspecified atom stereocenters. The van der Waals surface area contributed by atoms with Gasteiger partial charge in [0.15, 0.2) is 14.7 Å². The lowest BCUT2D eigenvalue weighted by Crippen LogP contribution is -2.60. The predicted molar refractivity (Wildman–Crippen MR) is 149 cm³/mol. The Balaban J connectivity index is 2.14. The van der Waals surface area contributed by atoms with Crippen LogP contribution in [0.4, 0.5) is 79.0 Å². The first-order valence-corrected chi connectivity index (χ1v) is 15.4. The highest BCUT2D eigenvalue weighted by Crippen LogP contribution is 2.46. The molecule has 0 spiro atoms. The zero-order chi connectivity index (χ0) is 42.3. The van der Waals surface area contributed by atoms with E-state index in [1.54, 1.807) is 0 Å². The molecule has 0 saturated carbocycles. The summed E-state index contributed by atoms with van der Waals surface area (Å²) in [5.74, 6) is -2.49. The van der Waals surface area contributed by atoms with Crippen LogP contribution in [0.3, 0.4) is 0 Å². The average Bonchev–Trinajstić information content (AvgIpc) is 3.02. The predicted octanol–water partition coefficient (Wildman–Crippen LogP) is 8.49. The topological polar surface area (TPSA) is 88.4 Å². The molecule has 3 aromatic carbocycles. The first kappa shape index (κ1) is 45.4. The van der Waals surface area contributed by atoms with Gasteiger partial charge >= 0.3 is 37.1 Å². The second-order valence-electron chi connectivity index (χ2n) is 11.2. The molecule has 25 heteroatoms. The first-order chi connectivity index (χ1) is 24.7. The summed E-state index contributed by atoms with van der Waals surface area (Å²) in [7, 11) is -1.98. The maximum absolute atomic E-state index is 13.2. The zero-order valence-electron chi connectivity index (χ0n) is 26.3. The first-order valence-electron chi connectivity index (χ1n) is 14.2. The molecule has 0 radical (unpaired) electrons. The lowest BCUT2D eigenvalue weighted by atomic mass is 10.0. The van der Waals surface area contributed by atoms with E-state index in [1.165, 1.54) is 0 Å². The van der Waals surface area contributed by atoms with E-state index in [0.717, 1.165) is 72.8 Å². The molecule has 0 aromatic heterocycles. The lowest BCUT2D eigenvalue weighted by molar-refractivity contribution is -0.374. The highest BCUT2D eigenvalue weighted by atomic mass is 32.2. The van der Waals surface area contributed by atoms with Crippen molar-refractivity contribution < 1.29 is 109 Å². The Morgan fingerprint density at radius 3 is 0.745 bits per heavy atom. The van der Waals surface area contributed by atoms with Crippen LogP contribution in [0.25, 0.3) is 0 Å². The Hall–Kier alpha value is -3.97. The van der Waals surface area contributed by atoms with Crippen LogP contribution in [0.15, 0.2) is 87.5 Å². The summed E-state index contributed by atoms with van der Waals surface area (Å²) >= 11 is 0. The van der Waals surface area contributed by atoms with Gasteiger partial charge in [0.05, 0.1) is 10.9 Å². The maximum Gasteiger partial charge on any atom is 0.429 e. The molecule has 3 aromatic rings. The quantitative estimate of drug-likeness (QED) is 0.125. The summed E-state index contributed by atoms with van der Waals surface area (Å²) in [5, 5.41) is 28.3. The molecule has 0 fully saturated rings. The van der Waals surface area contributed by atoms with Gasteiger partial charge in [-0.1, -0.05) is 18.2 Å². The fourth-order valence-electron chi connectivity index (χ4n) is 4.02. The van der Waals surface area contributed by atoms with Crippen molar-refractivity contribution in [1.82, 2.24) is 0 Å². The molecule has 0 bridgehead atoms. The maximum atomic E-state index is 13.2. The van der Waals surface area contributed by atoms with E-state index in [0.29, 0.717) is 0 Å². The number of halogens is 18. The van der Waals surface area contributed by atoms with Gasteiger partial charge in [-0.2, -0.15) is 79.0 Å². The molecular formula is C30H21F18O6S+. The molecule has 0 amide bonds. The van der Waals surface area contributed by atoms with Gasteiger partial charge in [0, 0.05) is 18.2 Å². The SMILES string of the molecule is OC(COc1cccc([S+](c2cccc(OCC(O)(C(F)(F)F)C(F)(F)F)c2)c2cccc(OCC(O)(C(F)(F)F)C(F)(F)F)c2)c1)(C(F)(F)F)C(F)(F)F. The Kier molecular flexibility index (Phi) is 12.5. The number of benzene rings is 3. The summed E-state index contributed by atoms with van der Waals surface area (Å²) < 4.78 is 252. The largest absolute Gasteiger partial charge is 0.490 e. The van der Waals surface area contributed by atoms with Crippen molar-refractivity contribution in [3.05, 3.63) is 72.8 Å². The van der Waals surface area contributed by atoms with E-state index >= 15 is 0 Å². The van der Waals surface area contributed by atoms with Crippen LogP contribution in [0.1, 0.15) is 0 Å². The van der Waals surface area contributed by atoms with Gasteiger partial charge in [0.2, 0.25) is 0 Å². The zero-order valence-corrected chi connectivity index (χ0v) is 27.1. The molecule has 0 heterocycles. The Morgan fingerprint density at radius 1 is 0.364 bits per heavy atom. The third-order valence-electron chi connectivity index (χ3n) is 7.28. The Bertz CT molecular complexity index is 1520. The standard InChI is InChI=1S/C30H21F18O6S/c31-25(32,33)22(49,26(34,35)36)13-52-16-4-1-7-19(10-16)55(20-8-2-5-17(11-20)53-14-23(50,27(37,38)39)28(40,41)42)21-9-3-6-18(12-21)54-15-24(51,29(43,44)45)30(46,47)48/h1-12,49-51H,13-15H2/q+1. The fourth-order valence-corrected chi connectivity index (χ4v) is 6.18. The fraction of sp³-hybridized carbons (Fsp3) is 0.400. The highest BCUT2D eigenvalue weighted by molar-refractivity contribution is 7.97. The molecule has 3 N–H and O–H groups in total. The number of rotatable bonds is 12. The summed E-state index contributed by atoms with van der Waals surface area (Å²) in [6.45, 7) is -7.44. The van der Waals surface area contributed by atoms with Crippen molar-refractivity contribution in [3.63, 3.8) is 0 Å². The molecule has 0 aliphatic heterocycles. The van der Waals surface area contributed by atoms with Gasteiger partial charge in [0.1, 0.15) is 37.1 Å². The Morgan fingerprint density at radius 2 is 0.564 bits per heavy atom. The molecule has 0 atom stereocenters. The van der Waals surface area contributed by atoms with Crippen LogP contribution in [0.5, 0.6) is 17.2 Å². The molecule has 6 nitrogen and oxygen atoms in total. The minimum absolute atomic E-state index is 0.265. The smallest absolute Gasteiger partial charge is 0.429 e. The molecular weight excluding hydrogens is 830 g/mol. The Labute approximate surface area is 298 Å². The van der Waals surface area contributed by atoms with Gasteiger partial charge in [-0.05, 0) is 36.4 Å². The average molecular weight is 852 g/mol. The van der Waals surface area contributed by atoms with Crippen LogP contribution < -0.4 is 14.2 Å². The summed E-state index contributed by atoms with van der Waals surface area (Å²) in [4.78, 5) is -0.796. The third kappa shape index (κ3) is 9.53. The van der Waals surface area contributed by atoms with Gasteiger partial charge in [-0.15, -0.1) is 0 Å². The van der Waals surface area contributed by atoms with E-state index in [2.05, 4.69) is 14.2 Å². The molecule has 3 rings (SSSR count). The van der Waals surface area contributed by atoms with Crippen LogP contribution in [-0.2, 0) is 10.9 Å². The summed E-state index contributed by atoms with van der Waals surface area (Å²) in [5.41, 5.74) is -16.3. The van der Waals surface area contributed by atoms with Gasteiger partial charge in [-0.3, -0.25) is 0 Å². The van der Waals surface area contributed by atoms with Crippen LogP contribution >= 0.6 is 0 Å². The van der Waals surface area contributed by atoms with Gasteiger partial charge < -0.3 is 29.5 Å². The minimum atomic E-state index is -6.33. The number of ether oxygens (including phenoxy) is 3. The van der Waals surface area contributed by atoms with Crippen molar-refractivity contribution in [1.29, 1.82) is 0 Å². The molecule has 308 valence electrons. The van der Waals surface area contributed by atoms with Gasteiger partial charge in [0.25, 0.3) is 16.8 Å². The summed E-state index contributed by atoms with van der Waals surface area (Å²) in [6, 6.07) is 10.5. The van der Waals surface area contributed by atoms with E-state index in [1.807, 2.05) is 0 Å². The number of aliphatic hydroxyl groups is 3. The second kappa shape index (κ2) is 15.2. The minimum Gasteiger partial charge on any atom is -0.490 e. The second-order valence-corrected chi connectivity index (χ2v) is 13.2. The number of hydrogen-bond donors (Lipinski definition) is 3. The number of hydrogen-bond acceptors (Lipinski definition) is 6. The normalized spacial score (nSPS) is 14.3. The number of alkyl halides is 18. The van der Waals surface area contributed by atoms with Crippen LogP contribution in [-0.4, -0.2) is 89.0 Å². The van der Waals surface area contributed by atoms with E-state index in [9.17, 15) is 94.3 Å².